The number of hydrogen-bond acceptors (Lipinski definition) is 5. The smallest absolute Gasteiger partial charge is 0.276 e. The van der Waals surface area contributed by atoms with Crippen molar-refractivity contribution in [3.63, 3.8) is 0 Å². The van der Waals surface area contributed by atoms with Gasteiger partial charge in [0.15, 0.2) is 11.5 Å². The molecule has 0 saturated carbocycles. The van der Waals surface area contributed by atoms with E-state index in [4.69, 9.17) is 4.52 Å². The largest absolute Gasteiger partial charge is 0.393 e. The fourth-order valence-corrected chi connectivity index (χ4v) is 3.01. The Balaban J connectivity index is 1.91. The van der Waals surface area contributed by atoms with Crippen LogP contribution < -0.4 is 0 Å². The molecule has 130 valence electrons. The minimum Gasteiger partial charge on any atom is -0.393 e. The molecule has 0 spiro atoms. The van der Waals surface area contributed by atoms with E-state index in [1.165, 1.54) is 0 Å². The van der Waals surface area contributed by atoms with Crippen molar-refractivity contribution in [1.82, 2.24) is 15.0 Å². The molecule has 1 aliphatic rings. The van der Waals surface area contributed by atoms with Crippen LogP contribution in [0.3, 0.4) is 0 Å². The van der Waals surface area contributed by atoms with Crippen LogP contribution in [0.4, 0.5) is 0 Å². The molecule has 1 fully saturated rings. The quantitative estimate of drug-likeness (QED) is 0.868. The summed E-state index contributed by atoms with van der Waals surface area (Å²) in [6.45, 7) is 8.68. The van der Waals surface area contributed by atoms with E-state index in [2.05, 4.69) is 30.8 Å². The fraction of sp³-hybridized carbons (Fsp3) is 0.765. The Kier molecular flexibility index (Phi) is 6.18. The second-order valence-corrected chi connectivity index (χ2v) is 7.08. The molecular weight excluding hydrogens is 294 g/mol. The number of amides is 1. The number of aromatic nitrogens is 1. The van der Waals surface area contributed by atoms with E-state index in [1.54, 1.807) is 11.0 Å². The van der Waals surface area contributed by atoms with Gasteiger partial charge >= 0.3 is 0 Å². The van der Waals surface area contributed by atoms with Gasteiger partial charge < -0.3 is 14.5 Å². The lowest BCUT2D eigenvalue weighted by Crippen LogP contribution is -2.36. The number of hydrogen-bond donors (Lipinski definition) is 1. The standard InChI is InChI=1S/C17H29N3O3/c1-12(2)9-13(3)19(4)17(22)16-10-15(23-18-16)11-20-7-5-14(21)6-8-20/h10,12-14,21H,5-9,11H2,1-4H3/t13-/m1/s1. The molecule has 1 aromatic heterocycles. The normalized spacial score (nSPS) is 18.3. The Morgan fingerprint density at radius 2 is 2.09 bits per heavy atom. The van der Waals surface area contributed by atoms with Crippen molar-refractivity contribution in [2.24, 2.45) is 5.92 Å². The summed E-state index contributed by atoms with van der Waals surface area (Å²) in [5, 5.41) is 13.5. The second kappa shape index (κ2) is 7.93. The summed E-state index contributed by atoms with van der Waals surface area (Å²) in [5.41, 5.74) is 0.371. The van der Waals surface area contributed by atoms with Crippen molar-refractivity contribution >= 4 is 5.91 Å². The van der Waals surface area contributed by atoms with E-state index in [9.17, 15) is 9.90 Å². The van der Waals surface area contributed by atoms with Crippen LogP contribution in [0.5, 0.6) is 0 Å². The van der Waals surface area contributed by atoms with Crippen molar-refractivity contribution in [3.05, 3.63) is 17.5 Å². The van der Waals surface area contributed by atoms with E-state index in [1.807, 2.05) is 7.05 Å². The highest BCUT2D eigenvalue weighted by Gasteiger charge is 2.23. The van der Waals surface area contributed by atoms with Crippen LogP contribution in [-0.4, -0.2) is 58.3 Å². The Morgan fingerprint density at radius 1 is 1.43 bits per heavy atom. The lowest BCUT2D eigenvalue weighted by Gasteiger charge is -2.28. The maximum atomic E-state index is 12.5. The molecule has 2 rings (SSSR count). The Hall–Kier alpha value is -1.40. The lowest BCUT2D eigenvalue weighted by atomic mass is 10.0. The van der Waals surface area contributed by atoms with Crippen LogP contribution in [0.15, 0.2) is 10.6 Å². The number of carbonyl (C=O) groups is 1. The number of aliphatic hydroxyl groups excluding tert-OH is 1. The van der Waals surface area contributed by atoms with Gasteiger partial charge in [0.1, 0.15) is 0 Å². The predicted octanol–water partition coefficient (Wildman–Crippen LogP) is 2.14. The first-order valence-corrected chi connectivity index (χ1v) is 8.50. The number of nitrogens with zero attached hydrogens (tertiary/aromatic N) is 3. The highest BCUT2D eigenvalue weighted by Crippen LogP contribution is 2.16. The van der Waals surface area contributed by atoms with Crippen molar-refractivity contribution in [1.29, 1.82) is 0 Å². The van der Waals surface area contributed by atoms with Gasteiger partial charge in [-0.25, -0.2) is 0 Å². The molecule has 0 bridgehead atoms. The van der Waals surface area contributed by atoms with Gasteiger partial charge in [0, 0.05) is 32.2 Å². The number of carbonyl (C=O) groups excluding carboxylic acids is 1. The topological polar surface area (TPSA) is 69.8 Å². The van der Waals surface area contributed by atoms with E-state index in [-0.39, 0.29) is 18.1 Å². The number of likely N-dealkylation sites (tertiary alicyclic amines) is 1. The predicted molar refractivity (Wildman–Crippen MR) is 88.0 cm³/mol. The first-order chi connectivity index (χ1) is 10.9. The van der Waals surface area contributed by atoms with E-state index >= 15 is 0 Å². The molecule has 0 radical (unpaired) electrons. The highest BCUT2D eigenvalue weighted by molar-refractivity contribution is 5.92. The summed E-state index contributed by atoms with van der Waals surface area (Å²) in [5.74, 6) is 1.15. The zero-order valence-corrected chi connectivity index (χ0v) is 14.7. The molecule has 1 atom stereocenters. The minimum absolute atomic E-state index is 0.0952. The van der Waals surface area contributed by atoms with Crippen LogP contribution in [0.1, 0.15) is 56.3 Å². The molecule has 1 aromatic rings. The zero-order valence-electron chi connectivity index (χ0n) is 14.7. The second-order valence-electron chi connectivity index (χ2n) is 7.08. The molecule has 23 heavy (non-hydrogen) atoms. The molecule has 1 N–H and O–H groups in total. The van der Waals surface area contributed by atoms with Crippen molar-refractivity contribution in [2.75, 3.05) is 20.1 Å². The van der Waals surface area contributed by atoms with E-state index < -0.39 is 0 Å². The Labute approximate surface area is 138 Å². The summed E-state index contributed by atoms with van der Waals surface area (Å²) >= 11 is 0. The molecule has 1 saturated heterocycles. The molecule has 6 nitrogen and oxygen atoms in total. The summed E-state index contributed by atoms with van der Waals surface area (Å²) in [6.07, 6.45) is 2.35. The summed E-state index contributed by atoms with van der Waals surface area (Å²) < 4.78 is 5.32. The lowest BCUT2D eigenvalue weighted by molar-refractivity contribution is 0.0712. The zero-order chi connectivity index (χ0) is 17.0. The van der Waals surface area contributed by atoms with Crippen LogP contribution in [-0.2, 0) is 6.54 Å². The first-order valence-electron chi connectivity index (χ1n) is 8.50. The maximum absolute atomic E-state index is 12.5. The van der Waals surface area contributed by atoms with Gasteiger partial charge in [0.05, 0.1) is 12.6 Å². The molecule has 0 aliphatic carbocycles. The van der Waals surface area contributed by atoms with Gasteiger partial charge in [-0.2, -0.15) is 0 Å². The molecule has 0 aromatic carbocycles. The van der Waals surface area contributed by atoms with Crippen molar-refractivity contribution in [3.8, 4) is 0 Å². The molecule has 0 unspecified atom stereocenters. The Morgan fingerprint density at radius 3 is 2.70 bits per heavy atom. The third-order valence-electron chi connectivity index (χ3n) is 4.51. The van der Waals surface area contributed by atoms with Gasteiger partial charge in [0.2, 0.25) is 0 Å². The minimum atomic E-state index is -0.186. The van der Waals surface area contributed by atoms with Crippen molar-refractivity contribution in [2.45, 2.75) is 58.7 Å². The molecule has 6 heteroatoms. The number of rotatable bonds is 6. The SMILES string of the molecule is CC(C)C[C@@H](C)N(C)C(=O)c1cc(CN2CCC(O)CC2)on1. The van der Waals surface area contributed by atoms with Crippen LogP contribution in [0, 0.1) is 5.92 Å². The van der Waals surface area contributed by atoms with Gasteiger partial charge in [0.25, 0.3) is 5.91 Å². The van der Waals surface area contributed by atoms with Crippen LogP contribution in [0.25, 0.3) is 0 Å². The first kappa shape index (κ1) is 17.9. The van der Waals surface area contributed by atoms with Gasteiger partial charge in [-0.15, -0.1) is 0 Å². The van der Waals surface area contributed by atoms with Crippen molar-refractivity contribution < 1.29 is 14.4 Å². The Bertz CT molecular complexity index is 507. The number of piperidine rings is 1. The molecule has 1 aliphatic heterocycles. The average molecular weight is 323 g/mol. The maximum Gasteiger partial charge on any atom is 0.276 e. The monoisotopic (exact) mass is 323 g/mol. The summed E-state index contributed by atoms with van der Waals surface area (Å²) in [4.78, 5) is 16.4. The highest BCUT2D eigenvalue weighted by atomic mass is 16.5. The summed E-state index contributed by atoms with van der Waals surface area (Å²) in [7, 11) is 1.82. The fourth-order valence-electron chi connectivity index (χ4n) is 3.01. The molecule has 1 amide bonds. The van der Waals surface area contributed by atoms with E-state index in [0.717, 1.165) is 32.4 Å². The van der Waals surface area contributed by atoms with Gasteiger partial charge in [-0.1, -0.05) is 19.0 Å². The van der Waals surface area contributed by atoms with Crippen LogP contribution in [0.2, 0.25) is 0 Å². The third-order valence-corrected chi connectivity index (χ3v) is 4.51. The van der Waals surface area contributed by atoms with Crippen LogP contribution >= 0.6 is 0 Å². The molecule has 2 heterocycles. The van der Waals surface area contributed by atoms with Gasteiger partial charge in [-0.05, 0) is 32.1 Å². The van der Waals surface area contributed by atoms with E-state index in [0.29, 0.717) is 23.9 Å². The average Bonchev–Trinajstić information content (AvgIpc) is 2.96. The molecular formula is C17H29N3O3. The van der Waals surface area contributed by atoms with Gasteiger partial charge in [-0.3, -0.25) is 9.69 Å². The summed E-state index contributed by atoms with van der Waals surface area (Å²) in [6, 6.07) is 1.91. The third kappa shape index (κ3) is 5.04. The number of aliphatic hydroxyl groups is 1.